The minimum Gasteiger partial charge on any atom is -0.357 e. The molecular weight excluding hydrogens is 515 g/mol. The van der Waals surface area contributed by atoms with Gasteiger partial charge in [-0.05, 0) is 25.1 Å². The molecule has 0 saturated heterocycles. The molecule has 0 aromatic carbocycles. The maximum atomic E-state index is 16.0. The average Bonchev–Trinajstić information content (AvgIpc) is 3.55. The Labute approximate surface area is 227 Å². The van der Waals surface area contributed by atoms with Gasteiger partial charge in [0.1, 0.15) is 11.4 Å². The number of halogens is 1. The molecule has 6 heterocycles. The number of nitrogens with one attached hydrogen (secondary N) is 4. The molecule has 0 aliphatic carbocycles. The predicted molar refractivity (Wildman–Crippen MR) is 153 cm³/mol. The Balaban J connectivity index is 1.36. The summed E-state index contributed by atoms with van der Waals surface area (Å²) < 4.78 is 16.0. The molecule has 5 aromatic rings. The van der Waals surface area contributed by atoms with Crippen LogP contribution in [0.3, 0.4) is 0 Å². The van der Waals surface area contributed by atoms with Crippen molar-refractivity contribution in [3.05, 3.63) is 71.8 Å². The molecule has 196 valence electrons. The lowest BCUT2D eigenvalue weighted by Crippen LogP contribution is -2.27. The van der Waals surface area contributed by atoms with Crippen molar-refractivity contribution in [3.63, 3.8) is 0 Å². The minimum absolute atomic E-state index is 0.103. The fraction of sp³-hybridized carbons (Fsp3) is 0.179. The second kappa shape index (κ2) is 9.28. The van der Waals surface area contributed by atoms with E-state index in [1.54, 1.807) is 29.8 Å². The third kappa shape index (κ3) is 4.50. The first-order chi connectivity index (χ1) is 18.7. The van der Waals surface area contributed by atoms with Gasteiger partial charge >= 0.3 is 0 Å². The van der Waals surface area contributed by atoms with Crippen molar-refractivity contribution >= 4 is 50.9 Å². The molecule has 0 radical (unpaired) electrons. The average molecular weight is 541 g/mol. The van der Waals surface area contributed by atoms with E-state index in [4.69, 9.17) is 0 Å². The lowest BCUT2D eigenvalue weighted by atomic mass is 9.95. The van der Waals surface area contributed by atoms with Gasteiger partial charge in [-0.2, -0.15) is 5.10 Å². The molecule has 11 heteroatoms. The number of rotatable bonds is 4. The summed E-state index contributed by atoms with van der Waals surface area (Å²) in [6.45, 7) is 7.51. The molecule has 0 spiro atoms. The van der Waals surface area contributed by atoms with Crippen molar-refractivity contribution in [2.45, 2.75) is 27.7 Å². The summed E-state index contributed by atoms with van der Waals surface area (Å²) in [4.78, 5) is 27.7. The first-order valence-corrected chi connectivity index (χ1v) is 13.1. The Morgan fingerprint density at radius 1 is 1.05 bits per heavy atom. The summed E-state index contributed by atoms with van der Waals surface area (Å²) >= 11 is 1.69. The maximum absolute atomic E-state index is 16.0. The summed E-state index contributed by atoms with van der Waals surface area (Å²) in [7, 11) is 0. The van der Waals surface area contributed by atoms with Gasteiger partial charge in [0.05, 0.1) is 52.3 Å². The van der Waals surface area contributed by atoms with Crippen LogP contribution in [-0.4, -0.2) is 31.1 Å². The highest BCUT2D eigenvalue weighted by molar-refractivity contribution is 7.15. The second-order valence-electron chi connectivity index (χ2n) is 10.3. The number of carbonyl (C=O) groups excluding carboxylic acids is 1. The number of amides is 1. The van der Waals surface area contributed by atoms with Crippen LogP contribution in [0.1, 0.15) is 31.3 Å². The van der Waals surface area contributed by atoms with E-state index in [1.165, 1.54) is 23.5 Å². The van der Waals surface area contributed by atoms with Gasteiger partial charge in [0, 0.05) is 44.9 Å². The molecule has 0 unspecified atom stereocenters. The number of aromatic nitrogens is 5. The summed E-state index contributed by atoms with van der Waals surface area (Å²) in [5.41, 5.74) is 4.46. The van der Waals surface area contributed by atoms with Crippen LogP contribution in [0.5, 0.6) is 0 Å². The Morgan fingerprint density at radius 2 is 1.87 bits per heavy atom. The first-order valence-electron chi connectivity index (χ1n) is 12.3. The normalized spacial score (nSPS) is 12.9. The number of nitrogens with zero attached hydrogens (tertiary/aromatic N) is 4. The summed E-state index contributed by atoms with van der Waals surface area (Å²) in [5.74, 6) is -0.718. The second-order valence-corrected chi connectivity index (χ2v) is 11.6. The van der Waals surface area contributed by atoms with Crippen LogP contribution in [0.4, 0.5) is 21.5 Å². The van der Waals surface area contributed by atoms with Crippen molar-refractivity contribution in [2.75, 3.05) is 16.0 Å². The maximum Gasteiger partial charge on any atom is 0.229 e. The van der Waals surface area contributed by atoms with Gasteiger partial charge in [-0.15, -0.1) is 11.3 Å². The number of pyridine rings is 3. The molecule has 0 atom stereocenters. The smallest absolute Gasteiger partial charge is 0.229 e. The SMILES string of the molecule is Cc1ccc(-c2cncc3c2NC=C(c2n[nH]c4cnc(-c5cncc(NC(=O)C(C)(C)C)c5)c(F)c24)N3)s1. The van der Waals surface area contributed by atoms with Crippen LogP contribution in [0, 0.1) is 18.2 Å². The topological polar surface area (TPSA) is 121 Å². The van der Waals surface area contributed by atoms with E-state index in [-0.39, 0.29) is 17.0 Å². The van der Waals surface area contributed by atoms with Crippen molar-refractivity contribution < 1.29 is 9.18 Å². The van der Waals surface area contributed by atoms with Crippen LogP contribution in [0.2, 0.25) is 0 Å². The summed E-state index contributed by atoms with van der Waals surface area (Å²) in [6.07, 6.45) is 9.89. The quantitative estimate of drug-likeness (QED) is 0.208. The zero-order valence-corrected chi connectivity index (χ0v) is 22.5. The van der Waals surface area contributed by atoms with Crippen LogP contribution >= 0.6 is 11.3 Å². The number of aryl methyl sites for hydroxylation is 1. The van der Waals surface area contributed by atoms with Crippen LogP contribution in [-0.2, 0) is 4.79 Å². The van der Waals surface area contributed by atoms with Crippen molar-refractivity contribution in [2.24, 2.45) is 5.41 Å². The Bertz CT molecular complexity index is 1780. The molecule has 1 aliphatic heterocycles. The number of anilines is 3. The van der Waals surface area contributed by atoms with Gasteiger partial charge in [-0.25, -0.2) is 4.39 Å². The van der Waals surface area contributed by atoms with E-state index in [2.05, 4.69) is 60.2 Å². The molecule has 0 bridgehead atoms. The Morgan fingerprint density at radius 3 is 2.64 bits per heavy atom. The molecule has 39 heavy (non-hydrogen) atoms. The molecule has 0 saturated carbocycles. The number of H-pyrrole nitrogens is 1. The third-order valence-electron chi connectivity index (χ3n) is 6.33. The fourth-order valence-electron chi connectivity index (χ4n) is 4.26. The summed E-state index contributed by atoms with van der Waals surface area (Å²) in [6, 6.07) is 5.80. The standard InChI is InChI=1S/C28H25FN8OS/c1-14-5-6-21(39-14)17-10-31-11-19-25(17)33-13-20(35-19)26-22-18(36-37-26)12-32-24(23(22)29)15-7-16(9-30-8-15)34-27(38)28(2,3)4/h5-13,33,35H,1-4H3,(H,34,38)(H,36,37). The highest BCUT2D eigenvalue weighted by atomic mass is 32.1. The zero-order valence-electron chi connectivity index (χ0n) is 21.7. The van der Waals surface area contributed by atoms with Crippen molar-refractivity contribution in [1.82, 2.24) is 25.1 Å². The molecule has 1 aliphatic rings. The molecular formula is C28H25FN8OS. The van der Waals surface area contributed by atoms with E-state index < -0.39 is 11.2 Å². The van der Waals surface area contributed by atoms with E-state index in [0.717, 1.165) is 21.8 Å². The molecule has 1 amide bonds. The lowest BCUT2D eigenvalue weighted by Gasteiger charge is -2.21. The van der Waals surface area contributed by atoms with Crippen molar-refractivity contribution in [1.29, 1.82) is 0 Å². The number of fused-ring (bicyclic) bond motifs is 2. The lowest BCUT2D eigenvalue weighted by molar-refractivity contribution is -0.123. The first kappa shape index (κ1) is 24.7. The Hall–Kier alpha value is -4.64. The summed E-state index contributed by atoms with van der Waals surface area (Å²) in [5, 5.41) is 17.1. The highest BCUT2D eigenvalue weighted by Crippen LogP contribution is 2.41. The fourth-order valence-corrected chi connectivity index (χ4v) is 5.14. The number of aromatic amines is 1. The Kier molecular flexibility index (Phi) is 5.87. The zero-order chi connectivity index (χ0) is 27.3. The van der Waals surface area contributed by atoms with Crippen molar-refractivity contribution in [3.8, 4) is 21.7 Å². The van der Waals surface area contributed by atoms with Gasteiger partial charge in [-0.3, -0.25) is 24.8 Å². The van der Waals surface area contributed by atoms with E-state index in [0.29, 0.717) is 28.2 Å². The van der Waals surface area contributed by atoms with Gasteiger partial charge < -0.3 is 16.0 Å². The number of thiophene rings is 1. The van der Waals surface area contributed by atoms with Crippen LogP contribution < -0.4 is 16.0 Å². The third-order valence-corrected chi connectivity index (χ3v) is 7.37. The molecule has 0 fully saturated rings. The van der Waals surface area contributed by atoms with E-state index in [1.807, 2.05) is 27.0 Å². The highest BCUT2D eigenvalue weighted by Gasteiger charge is 2.24. The largest absolute Gasteiger partial charge is 0.357 e. The number of hydrogen-bond donors (Lipinski definition) is 4. The van der Waals surface area contributed by atoms with E-state index >= 15 is 4.39 Å². The molecule has 5 aromatic heterocycles. The van der Waals surface area contributed by atoms with Crippen LogP contribution in [0.25, 0.3) is 38.3 Å². The van der Waals surface area contributed by atoms with Gasteiger partial charge in [0.25, 0.3) is 0 Å². The minimum atomic E-state index is -0.587. The van der Waals surface area contributed by atoms with Gasteiger partial charge in [-0.1, -0.05) is 20.8 Å². The molecule has 6 rings (SSSR count). The molecule has 9 nitrogen and oxygen atoms in total. The number of carbonyl (C=O) groups is 1. The van der Waals surface area contributed by atoms with Gasteiger partial charge in [0.2, 0.25) is 5.91 Å². The molecule has 4 N–H and O–H groups in total. The van der Waals surface area contributed by atoms with Gasteiger partial charge in [0.15, 0.2) is 5.82 Å². The predicted octanol–water partition coefficient (Wildman–Crippen LogP) is 6.41. The monoisotopic (exact) mass is 540 g/mol. The number of hydrogen-bond acceptors (Lipinski definition) is 8. The van der Waals surface area contributed by atoms with E-state index in [9.17, 15) is 4.79 Å². The van der Waals surface area contributed by atoms with Crippen LogP contribution in [0.15, 0.2) is 55.4 Å².